The number of carbonyl (C=O) groups excluding carboxylic acids is 2. The van der Waals surface area contributed by atoms with Crippen molar-refractivity contribution in [3.8, 4) is 0 Å². The molecule has 3 heterocycles. The fraction of sp³-hybridized carbons (Fsp3) is 0.688. The smallest absolute Gasteiger partial charge is 0.228 e. The van der Waals surface area contributed by atoms with Crippen molar-refractivity contribution in [1.29, 1.82) is 0 Å². The molecule has 0 N–H and O–H groups in total. The number of piperazine rings is 1. The Morgan fingerprint density at radius 3 is 2.70 bits per heavy atom. The lowest BCUT2D eigenvalue weighted by Crippen LogP contribution is -2.51. The van der Waals surface area contributed by atoms with Gasteiger partial charge in [-0.15, -0.1) is 0 Å². The third kappa shape index (κ3) is 2.97. The van der Waals surface area contributed by atoms with Gasteiger partial charge in [-0.1, -0.05) is 0 Å². The summed E-state index contributed by atoms with van der Waals surface area (Å²) >= 11 is 0. The van der Waals surface area contributed by atoms with E-state index in [2.05, 4.69) is 16.9 Å². The largest absolute Gasteiger partial charge is 0.342 e. The second-order valence-corrected chi connectivity index (χ2v) is 6.51. The number of likely N-dealkylation sites (tertiary alicyclic amines) is 1. The minimum absolute atomic E-state index is 0.0978. The zero-order valence-corrected chi connectivity index (χ0v) is 14.1. The highest BCUT2D eigenvalue weighted by Crippen LogP contribution is 2.26. The maximum absolute atomic E-state index is 12.8. The Balaban J connectivity index is 1.70. The maximum Gasteiger partial charge on any atom is 0.228 e. The van der Waals surface area contributed by atoms with E-state index >= 15 is 0 Å². The second kappa shape index (κ2) is 6.31. The normalized spacial score (nSPS) is 26.1. The van der Waals surface area contributed by atoms with Crippen LogP contribution < -0.4 is 0 Å². The number of imidazole rings is 1. The number of rotatable bonds is 3. The van der Waals surface area contributed by atoms with Crippen molar-refractivity contribution in [3.63, 3.8) is 0 Å². The molecule has 0 radical (unpaired) electrons. The molecule has 2 aliphatic rings. The number of hydrogen-bond acceptors (Lipinski definition) is 4. The van der Waals surface area contributed by atoms with Crippen LogP contribution in [-0.2, 0) is 16.6 Å². The van der Waals surface area contributed by atoms with Crippen LogP contribution in [0.1, 0.15) is 25.2 Å². The molecule has 2 aliphatic heterocycles. The first kappa shape index (κ1) is 16.0. The van der Waals surface area contributed by atoms with Crippen molar-refractivity contribution >= 4 is 11.8 Å². The van der Waals surface area contributed by atoms with Crippen LogP contribution in [0.2, 0.25) is 0 Å². The molecule has 0 aromatic carbocycles. The predicted molar refractivity (Wildman–Crippen MR) is 85.5 cm³/mol. The van der Waals surface area contributed by atoms with Gasteiger partial charge in [0.25, 0.3) is 0 Å². The molecule has 126 valence electrons. The van der Waals surface area contributed by atoms with Crippen molar-refractivity contribution in [2.75, 3.05) is 39.8 Å². The van der Waals surface area contributed by atoms with Crippen molar-refractivity contribution < 1.29 is 9.59 Å². The fourth-order valence-corrected chi connectivity index (χ4v) is 3.55. The summed E-state index contributed by atoms with van der Waals surface area (Å²) in [5, 5.41) is 0. The number of likely N-dealkylation sites (N-methyl/N-ethyl adjacent to an activating group) is 1. The van der Waals surface area contributed by atoms with Crippen molar-refractivity contribution in [2.45, 2.75) is 19.4 Å². The number of aryl methyl sites for hydroxylation is 1. The molecular weight excluding hydrogens is 294 g/mol. The molecule has 23 heavy (non-hydrogen) atoms. The highest BCUT2D eigenvalue weighted by Gasteiger charge is 2.38. The van der Waals surface area contributed by atoms with Gasteiger partial charge in [0.1, 0.15) is 5.82 Å². The van der Waals surface area contributed by atoms with Crippen LogP contribution in [0.3, 0.4) is 0 Å². The zero-order chi connectivity index (χ0) is 16.6. The van der Waals surface area contributed by atoms with Crippen LogP contribution in [0.4, 0.5) is 0 Å². The van der Waals surface area contributed by atoms with Gasteiger partial charge in [-0.2, -0.15) is 0 Å². The van der Waals surface area contributed by atoms with Gasteiger partial charge in [0, 0.05) is 58.6 Å². The summed E-state index contributed by atoms with van der Waals surface area (Å²) in [4.78, 5) is 35.1. The number of nitrogens with zero attached hydrogens (tertiary/aromatic N) is 5. The van der Waals surface area contributed by atoms with Gasteiger partial charge in [-0.3, -0.25) is 14.5 Å². The lowest BCUT2D eigenvalue weighted by Gasteiger charge is -2.39. The van der Waals surface area contributed by atoms with Crippen LogP contribution in [-0.4, -0.2) is 75.8 Å². The monoisotopic (exact) mass is 319 g/mol. The van der Waals surface area contributed by atoms with Crippen molar-refractivity contribution in [1.82, 2.24) is 24.3 Å². The summed E-state index contributed by atoms with van der Waals surface area (Å²) in [6.07, 6.45) is 4.07. The second-order valence-electron chi connectivity index (χ2n) is 6.51. The van der Waals surface area contributed by atoms with Gasteiger partial charge < -0.3 is 14.4 Å². The van der Waals surface area contributed by atoms with E-state index in [1.807, 2.05) is 29.6 Å². The number of carbonyl (C=O) groups is 2. The molecule has 1 aromatic rings. The van der Waals surface area contributed by atoms with Crippen molar-refractivity contribution in [2.24, 2.45) is 13.0 Å². The average molecular weight is 319 g/mol. The standard InChI is InChI=1S/C16H25N5O2/c1-4-20-10-12(9-14(20)22)16(23)21-8-7-18(2)13(11-21)15-17-5-6-19(15)3/h5-6,12-13H,4,7-11H2,1-3H3. The summed E-state index contributed by atoms with van der Waals surface area (Å²) in [5.74, 6) is 0.998. The molecule has 0 aliphatic carbocycles. The van der Waals surface area contributed by atoms with Gasteiger partial charge in [0.05, 0.1) is 12.0 Å². The molecule has 0 spiro atoms. The van der Waals surface area contributed by atoms with E-state index in [1.54, 1.807) is 11.1 Å². The molecule has 0 bridgehead atoms. The van der Waals surface area contributed by atoms with E-state index in [1.165, 1.54) is 0 Å². The minimum Gasteiger partial charge on any atom is -0.342 e. The van der Waals surface area contributed by atoms with E-state index in [-0.39, 0.29) is 23.8 Å². The van der Waals surface area contributed by atoms with Crippen LogP contribution in [0.5, 0.6) is 0 Å². The third-order valence-corrected chi connectivity index (χ3v) is 5.06. The summed E-state index contributed by atoms with van der Waals surface area (Å²) < 4.78 is 2.01. The van der Waals surface area contributed by atoms with E-state index < -0.39 is 0 Å². The minimum atomic E-state index is -0.187. The SMILES string of the molecule is CCN1CC(C(=O)N2CCN(C)C(c3nccn3C)C2)CC1=O. The fourth-order valence-electron chi connectivity index (χ4n) is 3.55. The predicted octanol–water partition coefficient (Wildman–Crippen LogP) is 0.104. The van der Waals surface area contributed by atoms with Crippen LogP contribution >= 0.6 is 0 Å². The number of hydrogen-bond donors (Lipinski definition) is 0. The first-order valence-corrected chi connectivity index (χ1v) is 8.25. The van der Waals surface area contributed by atoms with Crippen LogP contribution in [0, 0.1) is 5.92 Å². The van der Waals surface area contributed by atoms with Crippen LogP contribution in [0.25, 0.3) is 0 Å². The third-order valence-electron chi connectivity index (χ3n) is 5.06. The number of aromatic nitrogens is 2. The van der Waals surface area contributed by atoms with E-state index in [0.29, 0.717) is 32.6 Å². The Kier molecular flexibility index (Phi) is 4.39. The Bertz CT molecular complexity index is 599. The molecule has 7 heteroatoms. The summed E-state index contributed by atoms with van der Waals surface area (Å²) in [7, 11) is 4.05. The van der Waals surface area contributed by atoms with E-state index in [0.717, 1.165) is 12.4 Å². The lowest BCUT2D eigenvalue weighted by atomic mass is 10.0. The molecule has 2 amide bonds. The quantitative estimate of drug-likeness (QED) is 0.793. The first-order valence-electron chi connectivity index (χ1n) is 8.25. The zero-order valence-electron chi connectivity index (χ0n) is 14.1. The van der Waals surface area contributed by atoms with Crippen LogP contribution in [0.15, 0.2) is 12.4 Å². The summed E-state index contributed by atoms with van der Waals surface area (Å²) in [6.45, 7) is 5.37. The van der Waals surface area contributed by atoms with E-state index in [4.69, 9.17) is 0 Å². The average Bonchev–Trinajstić information content (AvgIpc) is 3.13. The molecule has 7 nitrogen and oxygen atoms in total. The van der Waals surface area contributed by atoms with Gasteiger partial charge in [-0.25, -0.2) is 4.98 Å². The Hall–Kier alpha value is -1.89. The summed E-state index contributed by atoms with van der Waals surface area (Å²) in [5.41, 5.74) is 0. The Morgan fingerprint density at radius 2 is 2.09 bits per heavy atom. The van der Waals surface area contributed by atoms with E-state index in [9.17, 15) is 9.59 Å². The topological polar surface area (TPSA) is 61.7 Å². The van der Waals surface area contributed by atoms with Gasteiger partial charge >= 0.3 is 0 Å². The molecule has 2 saturated heterocycles. The summed E-state index contributed by atoms with van der Waals surface area (Å²) in [6, 6.07) is 0.104. The number of amides is 2. The van der Waals surface area contributed by atoms with Gasteiger partial charge in [0.15, 0.2) is 0 Å². The first-order chi connectivity index (χ1) is 11.0. The van der Waals surface area contributed by atoms with Gasteiger partial charge in [-0.05, 0) is 14.0 Å². The molecule has 0 saturated carbocycles. The molecule has 1 aromatic heterocycles. The highest BCUT2D eigenvalue weighted by molar-refractivity contribution is 5.89. The Labute approximate surface area is 136 Å². The molecule has 2 unspecified atom stereocenters. The highest BCUT2D eigenvalue weighted by atomic mass is 16.2. The maximum atomic E-state index is 12.8. The molecular formula is C16H25N5O2. The van der Waals surface area contributed by atoms with Gasteiger partial charge in [0.2, 0.25) is 11.8 Å². The molecule has 2 atom stereocenters. The Morgan fingerprint density at radius 1 is 1.30 bits per heavy atom. The molecule has 3 rings (SSSR count). The van der Waals surface area contributed by atoms with Crippen molar-refractivity contribution in [3.05, 3.63) is 18.2 Å². The molecule has 2 fully saturated rings. The lowest BCUT2D eigenvalue weighted by molar-refractivity contribution is -0.138.